The van der Waals surface area contributed by atoms with Gasteiger partial charge in [0.25, 0.3) is 5.91 Å². The minimum absolute atomic E-state index is 0.111. The molecule has 4 amide bonds. The molecule has 4 heterocycles. The zero-order valence-corrected chi connectivity index (χ0v) is 41.7. The van der Waals surface area contributed by atoms with Crippen LogP contribution in [0.4, 0.5) is 23.1 Å². The summed E-state index contributed by atoms with van der Waals surface area (Å²) in [5.41, 5.74) is 5.70. The summed E-state index contributed by atoms with van der Waals surface area (Å²) in [6.07, 6.45) is 8.96. The van der Waals surface area contributed by atoms with Crippen LogP contribution >= 0.6 is 11.3 Å². The third-order valence-corrected chi connectivity index (χ3v) is 13.9. The SMILES string of the molecule is CC[C@@H]1C(=N)N(C=N)c2cnc(Nc3ccc(C(=O)NCCOCCOCC(=O)N[C@H](C(=O)N4CCC[C@H]4C(=O)NCc4ccc(-c5scnc5C)cc4)C(C)(C)C)cc3OC)nc2N1C1CCCC1. The molecule has 2 aromatic carbocycles. The number of amides is 4. The quantitative estimate of drug-likeness (QED) is 0.0310. The number of carbonyl (C=O) groups excluding carboxylic acids is 4. The third-order valence-electron chi connectivity index (χ3n) is 12.9. The van der Waals surface area contributed by atoms with Gasteiger partial charge >= 0.3 is 0 Å². The van der Waals surface area contributed by atoms with Crippen molar-refractivity contribution in [3.05, 3.63) is 71.0 Å². The van der Waals surface area contributed by atoms with E-state index in [2.05, 4.69) is 36.1 Å². The van der Waals surface area contributed by atoms with E-state index in [4.69, 9.17) is 30.0 Å². The molecular formula is C50H66N12O7S. The largest absolute Gasteiger partial charge is 0.495 e. The number of fused-ring (bicyclic) bond motifs is 1. The monoisotopic (exact) mass is 978 g/mol. The lowest BCUT2D eigenvalue weighted by Gasteiger charge is -2.44. The van der Waals surface area contributed by atoms with Crippen molar-refractivity contribution in [3.63, 3.8) is 0 Å². The average Bonchev–Trinajstić information content (AvgIpc) is 4.16. The zero-order chi connectivity index (χ0) is 50.0. The molecule has 0 radical (unpaired) electrons. The molecule has 2 fully saturated rings. The van der Waals surface area contributed by atoms with Gasteiger partial charge in [0, 0.05) is 31.2 Å². The Hall–Kier alpha value is -6.51. The van der Waals surface area contributed by atoms with Crippen molar-refractivity contribution in [2.24, 2.45) is 5.41 Å². The van der Waals surface area contributed by atoms with Gasteiger partial charge < -0.3 is 45.3 Å². The van der Waals surface area contributed by atoms with Crippen LogP contribution in [0.3, 0.4) is 0 Å². The molecule has 2 aliphatic heterocycles. The van der Waals surface area contributed by atoms with Crippen molar-refractivity contribution in [1.29, 1.82) is 10.8 Å². The number of thiazole rings is 1. The molecule has 0 bridgehead atoms. The molecule has 3 aliphatic rings. The molecule has 19 nitrogen and oxygen atoms in total. The number of nitrogens with zero attached hydrogens (tertiary/aromatic N) is 6. The number of likely N-dealkylation sites (tertiary alicyclic amines) is 1. The summed E-state index contributed by atoms with van der Waals surface area (Å²) in [7, 11) is 1.51. The summed E-state index contributed by atoms with van der Waals surface area (Å²) in [6, 6.07) is 11.5. The lowest BCUT2D eigenvalue weighted by Crippen LogP contribution is -2.58. The van der Waals surface area contributed by atoms with Gasteiger partial charge in [-0.1, -0.05) is 64.8 Å². The summed E-state index contributed by atoms with van der Waals surface area (Å²) in [6.45, 7) is 10.8. The first-order chi connectivity index (χ1) is 33.7. The highest BCUT2D eigenvalue weighted by atomic mass is 32.1. The summed E-state index contributed by atoms with van der Waals surface area (Å²) in [5.74, 6) is 0.422. The van der Waals surface area contributed by atoms with E-state index in [0.717, 1.165) is 53.7 Å². The molecule has 1 saturated carbocycles. The Balaban J connectivity index is 0.825. The fraction of sp³-hybridized carbons (Fsp3) is 0.500. The molecular weight excluding hydrogens is 913 g/mol. The Morgan fingerprint density at radius 3 is 2.41 bits per heavy atom. The summed E-state index contributed by atoms with van der Waals surface area (Å²) < 4.78 is 16.9. The predicted molar refractivity (Wildman–Crippen MR) is 270 cm³/mol. The minimum atomic E-state index is -0.880. The molecule has 70 heavy (non-hydrogen) atoms. The number of anilines is 4. The normalized spacial score (nSPS) is 17.5. The van der Waals surface area contributed by atoms with Gasteiger partial charge in [-0.15, -0.1) is 11.3 Å². The summed E-state index contributed by atoms with van der Waals surface area (Å²) in [5, 5.41) is 28.8. The molecule has 2 aromatic heterocycles. The molecule has 0 spiro atoms. The first-order valence-electron chi connectivity index (χ1n) is 24.0. The van der Waals surface area contributed by atoms with Crippen molar-refractivity contribution in [2.45, 2.75) is 110 Å². The minimum Gasteiger partial charge on any atom is -0.495 e. The topological polar surface area (TPSA) is 240 Å². The van der Waals surface area contributed by atoms with Gasteiger partial charge in [0.1, 0.15) is 36.0 Å². The van der Waals surface area contributed by atoms with Crippen LogP contribution in [0.25, 0.3) is 10.4 Å². The van der Waals surface area contributed by atoms with Crippen molar-refractivity contribution in [1.82, 2.24) is 35.8 Å². The van der Waals surface area contributed by atoms with Gasteiger partial charge in [-0.25, -0.2) is 9.97 Å². The molecule has 4 aromatic rings. The van der Waals surface area contributed by atoms with Crippen molar-refractivity contribution in [3.8, 4) is 16.2 Å². The Morgan fingerprint density at radius 1 is 0.971 bits per heavy atom. The van der Waals surface area contributed by atoms with Gasteiger partial charge in [-0.3, -0.25) is 34.9 Å². The number of rotatable bonds is 21. The van der Waals surface area contributed by atoms with Crippen LogP contribution in [0.15, 0.2) is 54.2 Å². The van der Waals surface area contributed by atoms with E-state index in [1.54, 1.807) is 40.6 Å². The Bertz CT molecular complexity index is 2510. The maximum absolute atomic E-state index is 14.0. The van der Waals surface area contributed by atoms with E-state index in [1.165, 1.54) is 12.0 Å². The van der Waals surface area contributed by atoms with Crippen LogP contribution in [-0.4, -0.2) is 126 Å². The zero-order valence-electron chi connectivity index (χ0n) is 40.9. The van der Waals surface area contributed by atoms with Crippen molar-refractivity contribution < 1.29 is 33.4 Å². The third kappa shape index (κ3) is 12.1. The lowest BCUT2D eigenvalue weighted by atomic mass is 9.85. The number of methoxy groups -OCH3 is 1. The number of hydrogen-bond donors (Lipinski definition) is 6. The molecule has 1 aliphatic carbocycles. The van der Waals surface area contributed by atoms with Crippen LogP contribution in [0, 0.1) is 23.2 Å². The van der Waals surface area contributed by atoms with Gasteiger partial charge in [-0.05, 0) is 73.8 Å². The van der Waals surface area contributed by atoms with Crippen molar-refractivity contribution in [2.75, 3.05) is 61.7 Å². The first kappa shape index (κ1) is 51.3. The van der Waals surface area contributed by atoms with E-state index < -0.39 is 23.4 Å². The smallest absolute Gasteiger partial charge is 0.251 e. The van der Waals surface area contributed by atoms with Crippen LogP contribution in [-0.2, 0) is 30.4 Å². The highest BCUT2D eigenvalue weighted by Crippen LogP contribution is 2.41. The Labute approximate surface area is 413 Å². The van der Waals surface area contributed by atoms with Gasteiger partial charge in [-0.2, -0.15) is 4.98 Å². The van der Waals surface area contributed by atoms with Crippen LogP contribution < -0.4 is 35.8 Å². The van der Waals surface area contributed by atoms with Gasteiger partial charge in [0.05, 0.1) is 67.3 Å². The first-order valence-corrected chi connectivity index (χ1v) is 24.9. The molecule has 374 valence electrons. The molecule has 3 atom stereocenters. The second-order valence-electron chi connectivity index (χ2n) is 18.8. The van der Waals surface area contributed by atoms with E-state index in [-0.39, 0.29) is 62.8 Å². The predicted octanol–water partition coefficient (Wildman–Crippen LogP) is 6.19. The number of ether oxygens (including phenoxy) is 3. The summed E-state index contributed by atoms with van der Waals surface area (Å²) in [4.78, 5) is 73.7. The van der Waals surface area contributed by atoms with Gasteiger partial charge in [0.15, 0.2) is 5.82 Å². The van der Waals surface area contributed by atoms with Gasteiger partial charge in [0.2, 0.25) is 23.7 Å². The highest BCUT2D eigenvalue weighted by Gasteiger charge is 2.43. The van der Waals surface area contributed by atoms with Crippen LogP contribution in [0.1, 0.15) is 94.3 Å². The maximum Gasteiger partial charge on any atom is 0.251 e. The molecule has 6 N–H and O–H groups in total. The number of carbonyl (C=O) groups is 4. The lowest BCUT2D eigenvalue weighted by molar-refractivity contribution is -0.144. The Kier molecular flexibility index (Phi) is 17.2. The number of nitrogens with one attached hydrogen (secondary N) is 6. The molecule has 1 saturated heterocycles. The van der Waals surface area contributed by atoms with Crippen LogP contribution in [0.5, 0.6) is 5.75 Å². The molecule has 20 heteroatoms. The Morgan fingerprint density at radius 2 is 1.73 bits per heavy atom. The standard InChI is InChI=1S/C50H66N12O7S/c1-7-37-44(52)61(29-51)39-27-55-49(59-45(39)62(37)35-11-8-9-12-35)57-36-19-18-34(25-40(36)67-6)46(64)53-20-22-68-23-24-69-28-41(63)58-43(50(3,4)5)48(66)60-21-10-13-38(60)47(65)54-26-32-14-16-33(17-15-32)42-31(2)56-30-70-42/h14-19,25,27,29-30,35,37-38,43,51-52H,7-13,20-24,26,28H2,1-6H3,(H,53,64)(H,54,65)(H,58,63)(H,55,57,59)/t37-,38+,43-/m1/s1. The number of benzene rings is 2. The molecule has 0 unspecified atom stereocenters. The average molecular weight is 979 g/mol. The fourth-order valence-electron chi connectivity index (χ4n) is 9.26. The van der Waals surface area contributed by atoms with E-state index >= 15 is 0 Å². The van der Waals surface area contributed by atoms with Crippen LogP contribution in [0.2, 0.25) is 0 Å². The second-order valence-corrected chi connectivity index (χ2v) is 19.6. The number of aryl methyl sites for hydroxylation is 1. The van der Waals surface area contributed by atoms with E-state index in [9.17, 15) is 19.2 Å². The highest BCUT2D eigenvalue weighted by molar-refractivity contribution is 7.13. The van der Waals surface area contributed by atoms with E-state index in [0.29, 0.717) is 72.6 Å². The van der Waals surface area contributed by atoms with E-state index in [1.807, 2.05) is 64.4 Å². The second kappa shape index (κ2) is 23.4. The number of aromatic nitrogens is 3. The fourth-order valence-corrected chi connectivity index (χ4v) is 10.1. The molecule has 7 rings (SSSR count). The maximum atomic E-state index is 14.0. The number of hydrogen-bond acceptors (Lipinski definition) is 15. The number of amidine groups is 1. The van der Waals surface area contributed by atoms with Crippen molar-refractivity contribution >= 4 is 70.3 Å². The summed E-state index contributed by atoms with van der Waals surface area (Å²) >= 11 is 1.59.